The summed E-state index contributed by atoms with van der Waals surface area (Å²) in [7, 11) is 1.24. The van der Waals surface area contributed by atoms with Gasteiger partial charge >= 0.3 is 17.8 Å². The van der Waals surface area contributed by atoms with Gasteiger partial charge in [-0.25, -0.2) is 15.1 Å². The Bertz CT molecular complexity index is 1240. The summed E-state index contributed by atoms with van der Waals surface area (Å²) in [5.41, 5.74) is 6.95. The first kappa shape index (κ1) is 26.4. The highest BCUT2D eigenvalue weighted by atomic mass is 35.5. The number of esters is 2. The standard InChI is InChI=1S/C27H28ClN3O6/c1-35-30-27(34)26-23(36-24(32)12-13-25(33)37-26)17-29-14-4-5-15-31-21-7-3-2-6-18(21)8-9-19-10-11-20(28)16-22(19)31/h2-3,6-7,10-13,16,29H,4-5,8-9,14-15,17H2,1H3,(H,30,34)/b13-12-,26-23+. The molecular weight excluding hydrogens is 498 g/mol. The third-order valence-corrected chi connectivity index (χ3v) is 6.23. The first-order valence-corrected chi connectivity index (χ1v) is 12.4. The monoisotopic (exact) mass is 525 g/mol. The predicted octanol–water partition coefficient (Wildman–Crippen LogP) is 3.49. The molecule has 2 aromatic carbocycles. The van der Waals surface area contributed by atoms with E-state index >= 15 is 0 Å². The van der Waals surface area contributed by atoms with E-state index in [-0.39, 0.29) is 12.3 Å². The minimum absolute atomic E-state index is 0.00428. The molecule has 0 aromatic heterocycles. The molecule has 0 spiro atoms. The quantitative estimate of drug-likeness (QED) is 0.291. The smallest absolute Gasteiger partial charge is 0.336 e. The lowest BCUT2D eigenvalue weighted by Gasteiger charge is -2.27. The zero-order chi connectivity index (χ0) is 26.2. The second kappa shape index (κ2) is 12.5. The number of amides is 1. The van der Waals surface area contributed by atoms with E-state index in [0.29, 0.717) is 11.6 Å². The number of cyclic esters (lactones) is 2. The summed E-state index contributed by atoms with van der Waals surface area (Å²) in [5, 5.41) is 3.86. The number of anilines is 2. The predicted molar refractivity (Wildman–Crippen MR) is 138 cm³/mol. The SMILES string of the molecule is CONC(=O)/C1=C(/CNCCCCN2c3ccccc3CCc3ccc(Cl)cc32)OC(=O)/C=C\C(=O)O1. The number of nitrogens with one attached hydrogen (secondary N) is 2. The van der Waals surface area contributed by atoms with Crippen LogP contribution in [0.5, 0.6) is 0 Å². The van der Waals surface area contributed by atoms with Gasteiger partial charge < -0.3 is 19.7 Å². The number of carbonyl (C=O) groups is 3. The van der Waals surface area contributed by atoms with Crippen LogP contribution in [0.2, 0.25) is 5.02 Å². The fraction of sp³-hybridized carbons (Fsp3) is 0.296. The number of para-hydroxylation sites is 1. The van der Waals surface area contributed by atoms with E-state index in [0.717, 1.165) is 50.1 Å². The maximum Gasteiger partial charge on any atom is 0.336 e. The molecule has 37 heavy (non-hydrogen) atoms. The third-order valence-electron chi connectivity index (χ3n) is 5.99. The van der Waals surface area contributed by atoms with Crippen LogP contribution in [0.15, 0.2) is 66.1 Å². The minimum Gasteiger partial charge on any atom is -0.422 e. The molecule has 0 atom stereocenters. The molecule has 1 amide bonds. The van der Waals surface area contributed by atoms with Crippen LogP contribution in [0, 0.1) is 0 Å². The summed E-state index contributed by atoms with van der Waals surface area (Å²) in [5.74, 6) is -3.04. The number of unbranched alkanes of at least 4 members (excludes halogenated alkanes) is 1. The van der Waals surface area contributed by atoms with Crippen LogP contribution in [0.1, 0.15) is 24.0 Å². The van der Waals surface area contributed by atoms with Crippen LogP contribution in [-0.4, -0.2) is 44.6 Å². The molecule has 0 saturated carbocycles. The summed E-state index contributed by atoms with van der Waals surface area (Å²) < 4.78 is 10.2. The molecule has 0 radical (unpaired) electrons. The number of ether oxygens (including phenoxy) is 2. The molecule has 0 saturated heterocycles. The highest BCUT2D eigenvalue weighted by molar-refractivity contribution is 6.30. The van der Waals surface area contributed by atoms with Gasteiger partial charge in [0.05, 0.1) is 13.7 Å². The van der Waals surface area contributed by atoms with Gasteiger partial charge in [-0.05, 0) is 61.6 Å². The van der Waals surface area contributed by atoms with Crippen LogP contribution in [0.25, 0.3) is 0 Å². The van der Waals surface area contributed by atoms with Crippen molar-refractivity contribution in [3.8, 4) is 0 Å². The minimum atomic E-state index is -0.867. The van der Waals surface area contributed by atoms with Gasteiger partial charge in [0.15, 0.2) is 5.76 Å². The van der Waals surface area contributed by atoms with Gasteiger partial charge in [-0.3, -0.25) is 9.63 Å². The lowest BCUT2D eigenvalue weighted by Crippen LogP contribution is -2.31. The number of carbonyl (C=O) groups excluding carboxylic acids is 3. The molecule has 2 N–H and O–H groups in total. The molecule has 0 aliphatic carbocycles. The first-order valence-electron chi connectivity index (χ1n) is 12.0. The van der Waals surface area contributed by atoms with Crippen molar-refractivity contribution < 1.29 is 28.7 Å². The van der Waals surface area contributed by atoms with Crippen molar-refractivity contribution in [1.82, 2.24) is 10.8 Å². The van der Waals surface area contributed by atoms with Crippen LogP contribution in [0.4, 0.5) is 11.4 Å². The Morgan fingerprint density at radius 1 is 1.00 bits per heavy atom. The highest BCUT2D eigenvalue weighted by Gasteiger charge is 2.25. The summed E-state index contributed by atoms with van der Waals surface area (Å²) >= 11 is 6.35. The van der Waals surface area contributed by atoms with E-state index in [4.69, 9.17) is 21.1 Å². The third kappa shape index (κ3) is 6.76. The highest BCUT2D eigenvalue weighted by Crippen LogP contribution is 2.37. The molecule has 2 aliphatic heterocycles. The van der Waals surface area contributed by atoms with Crippen LogP contribution >= 0.6 is 11.6 Å². The van der Waals surface area contributed by atoms with Crippen molar-refractivity contribution in [3.63, 3.8) is 0 Å². The van der Waals surface area contributed by atoms with Crippen molar-refractivity contribution in [2.75, 3.05) is 31.6 Å². The Labute approximate surface area is 220 Å². The number of aryl methyl sites for hydroxylation is 2. The number of hydrogen-bond acceptors (Lipinski definition) is 8. The summed E-state index contributed by atoms with van der Waals surface area (Å²) in [6, 6.07) is 14.5. The number of halogens is 1. The molecule has 9 nitrogen and oxygen atoms in total. The lowest BCUT2D eigenvalue weighted by molar-refractivity contribution is -0.145. The average Bonchev–Trinajstić information content (AvgIpc) is 3.03. The van der Waals surface area contributed by atoms with Crippen molar-refractivity contribution in [2.24, 2.45) is 0 Å². The van der Waals surface area contributed by atoms with E-state index in [9.17, 15) is 14.4 Å². The summed E-state index contributed by atoms with van der Waals surface area (Å²) in [6.45, 7) is 1.36. The fourth-order valence-electron chi connectivity index (χ4n) is 4.30. The molecule has 2 aliphatic rings. The number of fused-ring (bicyclic) bond motifs is 2. The van der Waals surface area contributed by atoms with Crippen molar-refractivity contribution in [3.05, 3.63) is 82.3 Å². The van der Waals surface area contributed by atoms with Crippen molar-refractivity contribution in [2.45, 2.75) is 25.7 Å². The molecule has 10 heteroatoms. The number of rotatable bonds is 9. The largest absolute Gasteiger partial charge is 0.422 e. The Kier molecular flexibility index (Phi) is 8.95. The van der Waals surface area contributed by atoms with Gasteiger partial charge in [0, 0.05) is 35.1 Å². The lowest BCUT2D eigenvalue weighted by atomic mass is 10.0. The van der Waals surface area contributed by atoms with Gasteiger partial charge in [-0.15, -0.1) is 0 Å². The van der Waals surface area contributed by atoms with Crippen LogP contribution in [-0.2, 0) is 41.5 Å². The molecule has 4 rings (SSSR count). The molecule has 194 valence electrons. The fourth-order valence-corrected chi connectivity index (χ4v) is 4.47. The average molecular weight is 526 g/mol. The molecule has 0 unspecified atom stereocenters. The van der Waals surface area contributed by atoms with E-state index < -0.39 is 23.6 Å². The van der Waals surface area contributed by atoms with Crippen LogP contribution in [0.3, 0.4) is 0 Å². The molecule has 2 heterocycles. The second-order valence-electron chi connectivity index (χ2n) is 8.50. The number of benzene rings is 2. The van der Waals surface area contributed by atoms with E-state index in [1.807, 2.05) is 18.2 Å². The van der Waals surface area contributed by atoms with Gasteiger partial charge in [0.2, 0.25) is 5.76 Å². The second-order valence-corrected chi connectivity index (χ2v) is 8.94. The van der Waals surface area contributed by atoms with Gasteiger partial charge in [-0.1, -0.05) is 35.9 Å². The number of nitrogens with zero attached hydrogens (tertiary/aromatic N) is 1. The Balaban J connectivity index is 1.39. The zero-order valence-corrected chi connectivity index (χ0v) is 21.2. The van der Waals surface area contributed by atoms with E-state index in [2.05, 4.69) is 44.8 Å². The zero-order valence-electron chi connectivity index (χ0n) is 20.4. The summed E-state index contributed by atoms with van der Waals surface area (Å²) in [6.07, 6.45) is 5.41. The number of hydrogen-bond donors (Lipinski definition) is 2. The van der Waals surface area contributed by atoms with Crippen molar-refractivity contribution >= 4 is 40.8 Å². The van der Waals surface area contributed by atoms with E-state index in [1.165, 1.54) is 23.9 Å². The Morgan fingerprint density at radius 2 is 1.73 bits per heavy atom. The van der Waals surface area contributed by atoms with Crippen molar-refractivity contribution in [1.29, 1.82) is 0 Å². The molecule has 2 aromatic rings. The summed E-state index contributed by atoms with van der Waals surface area (Å²) in [4.78, 5) is 42.9. The maximum absolute atomic E-state index is 12.3. The first-order chi connectivity index (χ1) is 18.0. The normalized spacial score (nSPS) is 17.9. The van der Waals surface area contributed by atoms with Gasteiger partial charge in [-0.2, -0.15) is 0 Å². The maximum atomic E-state index is 12.3. The van der Waals surface area contributed by atoms with E-state index in [1.54, 1.807) is 0 Å². The molecule has 0 fully saturated rings. The Morgan fingerprint density at radius 3 is 2.51 bits per heavy atom. The molecule has 0 bridgehead atoms. The number of hydroxylamine groups is 1. The van der Waals surface area contributed by atoms with Gasteiger partial charge in [0.1, 0.15) is 0 Å². The van der Waals surface area contributed by atoms with Gasteiger partial charge in [0.25, 0.3) is 0 Å². The topological polar surface area (TPSA) is 106 Å². The Hall–Kier alpha value is -3.66. The molecular formula is C27H28ClN3O6. The van der Waals surface area contributed by atoms with Crippen LogP contribution < -0.4 is 15.7 Å².